The van der Waals surface area contributed by atoms with Gasteiger partial charge in [-0.15, -0.1) is 11.3 Å². The Kier molecular flexibility index (Phi) is 6.83. The van der Waals surface area contributed by atoms with Crippen molar-refractivity contribution in [3.05, 3.63) is 46.7 Å². The molecule has 1 heterocycles. The summed E-state index contributed by atoms with van der Waals surface area (Å²) in [5.41, 5.74) is 3.85. The standard InChI is InChI=1S/C22H32S/c1-10-13-18-17(11-2)21(23-20(18)12-3)16(6)19(14-15(4)5)22(7,8)9/h10-13,15,19H,2-3,6,14H2,1,4-5,7-9H3/b13-10-. The Balaban J connectivity index is 3.45. The van der Waals surface area contributed by atoms with Gasteiger partial charge in [-0.05, 0) is 47.3 Å². The molecule has 0 radical (unpaired) electrons. The first-order valence-electron chi connectivity index (χ1n) is 8.40. The quantitative estimate of drug-likeness (QED) is 0.479. The molecule has 0 amide bonds. The second-order valence-corrected chi connectivity index (χ2v) is 8.66. The number of rotatable bonds is 7. The van der Waals surface area contributed by atoms with E-state index in [0.717, 1.165) is 6.42 Å². The van der Waals surface area contributed by atoms with Gasteiger partial charge in [0.05, 0.1) is 0 Å². The normalized spacial score (nSPS) is 13.5. The minimum absolute atomic E-state index is 0.193. The van der Waals surface area contributed by atoms with Crippen molar-refractivity contribution in [2.75, 3.05) is 0 Å². The molecule has 0 aliphatic rings. The van der Waals surface area contributed by atoms with Crippen LogP contribution in [0.4, 0.5) is 0 Å². The van der Waals surface area contributed by atoms with E-state index >= 15 is 0 Å². The van der Waals surface area contributed by atoms with Gasteiger partial charge in [-0.2, -0.15) is 0 Å². The lowest BCUT2D eigenvalue weighted by molar-refractivity contribution is 0.264. The first-order chi connectivity index (χ1) is 10.7. The molecule has 23 heavy (non-hydrogen) atoms. The zero-order chi connectivity index (χ0) is 17.8. The number of hydrogen-bond donors (Lipinski definition) is 0. The SMILES string of the molecule is C=Cc1sc(C(=C)C(CC(C)C)C(C)(C)C)c(C=C)c1/C=C\C. The van der Waals surface area contributed by atoms with Crippen LogP contribution < -0.4 is 0 Å². The molecule has 126 valence electrons. The molecular formula is C22H32S. The fourth-order valence-corrected chi connectivity index (χ4v) is 4.22. The van der Waals surface area contributed by atoms with E-state index in [9.17, 15) is 0 Å². The van der Waals surface area contributed by atoms with Crippen molar-refractivity contribution in [2.45, 2.75) is 48.0 Å². The lowest BCUT2D eigenvalue weighted by Crippen LogP contribution is -2.23. The van der Waals surface area contributed by atoms with Gasteiger partial charge < -0.3 is 0 Å². The van der Waals surface area contributed by atoms with Gasteiger partial charge in [-0.1, -0.05) is 78.7 Å². The average molecular weight is 329 g/mol. The summed E-state index contributed by atoms with van der Waals surface area (Å²) in [7, 11) is 0. The smallest absolute Gasteiger partial charge is 0.0384 e. The minimum Gasteiger partial charge on any atom is -0.135 e. The molecule has 1 atom stereocenters. The Bertz CT molecular complexity index is 603. The maximum absolute atomic E-state index is 4.51. The molecule has 1 unspecified atom stereocenters. The van der Waals surface area contributed by atoms with E-state index in [1.165, 1.54) is 26.5 Å². The predicted molar refractivity (Wildman–Crippen MR) is 111 cm³/mol. The van der Waals surface area contributed by atoms with Gasteiger partial charge in [0.15, 0.2) is 0 Å². The third kappa shape index (κ3) is 4.57. The van der Waals surface area contributed by atoms with E-state index < -0.39 is 0 Å². The average Bonchev–Trinajstić information content (AvgIpc) is 2.81. The van der Waals surface area contributed by atoms with Gasteiger partial charge in [-0.25, -0.2) is 0 Å². The zero-order valence-corrected chi connectivity index (χ0v) is 16.5. The Labute approximate surface area is 147 Å². The molecule has 0 aliphatic heterocycles. The molecular weight excluding hydrogens is 296 g/mol. The molecule has 0 bridgehead atoms. The summed E-state index contributed by atoms with van der Waals surface area (Å²) < 4.78 is 0. The van der Waals surface area contributed by atoms with Gasteiger partial charge in [0.2, 0.25) is 0 Å². The molecule has 0 nitrogen and oxygen atoms in total. The summed E-state index contributed by atoms with van der Waals surface area (Å²) >= 11 is 1.79. The lowest BCUT2D eigenvalue weighted by atomic mass is 9.72. The molecule has 1 aromatic heterocycles. The van der Waals surface area contributed by atoms with Crippen LogP contribution in [0.2, 0.25) is 0 Å². The number of hydrogen-bond acceptors (Lipinski definition) is 1. The van der Waals surface area contributed by atoms with Crippen LogP contribution in [0, 0.1) is 17.3 Å². The molecule has 1 heteroatoms. The molecule has 0 fully saturated rings. The van der Waals surface area contributed by atoms with Gasteiger partial charge in [0.1, 0.15) is 0 Å². The van der Waals surface area contributed by atoms with Crippen molar-refractivity contribution < 1.29 is 0 Å². The Morgan fingerprint density at radius 1 is 1.13 bits per heavy atom. The molecule has 0 aromatic carbocycles. The summed E-state index contributed by atoms with van der Waals surface area (Å²) in [5.74, 6) is 1.10. The minimum atomic E-state index is 0.193. The third-order valence-electron chi connectivity index (χ3n) is 4.20. The van der Waals surface area contributed by atoms with Crippen molar-refractivity contribution in [2.24, 2.45) is 17.3 Å². The molecule has 0 spiro atoms. The van der Waals surface area contributed by atoms with Crippen LogP contribution in [-0.4, -0.2) is 0 Å². The fraction of sp³-hybridized carbons (Fsp3) is 0.455. The van der Waals surface area contributed by atoms with E-state index in [1.807, 2.05) is 19.1 Å². The maximum atomic E-state index is 4.51. The molecule has 0 saturated carbocycles. The zero-order valence-electron chi connectivity index (χ0n) is 15.7. The molecule has 0 N–H and O–H groups in total. The summed E-state index contributed by atoms with van der Waals surface area (Å²) in [6.07, 6.45) is 9.28. The molecule has 0 aliphatic carbocycles. The summed E-state index contributed by atoms with van der Waals surface area (Å²) in [4.78, 5) is 2.47. The maximum Gasteiger partial charge on any atom is 0.0384 e. The van der Waals surface area contributed by atoms with E-state index in [-0.39, 0.29) is 5.41 Å². The van der Waals surface area contributed by atoms with Gasteiger partial charge >= 0.3 is 0 Å². The van der Waals surface area contributed by atoms with Crippen molar-refractivity contribution in [3.63, 3.8) is 0 Å². The molecule has 1 rings (SSSR count). The van der Waals surface area contributed by atoms with Crippen LogP contribution in [0.15, 0.2) is 25.8 Å². The van der Waals surface area contributed by atoms with E-state index in [1.54, 1.807) is 11.3 Å². The van der Waals surface area contributed by atoms with E-state index in [4.69, 9.17) is 0 Å². The van der Waals surface area contributed by atoms with Gasteiger partial charge in [0.25, 0.3) is 0 Å². The summed E-state index contributed by atoms with van der Waals surface area (Å²) in [6.45, 7) is 26.1. The van der Waals surface area contributed by atoms with Crippen molar-refractivity contribution in [3.8, 4) is 0 Å². The Hall–Kier alpha value is -1.34. The Morgan fingerprint density at radius 3 is 2.13 bits per heavy atom. The lowest BCUT2D eigenvalue weighted by Gasteiger charge is -2.34. The van der Waals surface area contributed by atoms with Crippen LogP contribution in [0.25, 0.3) is 23.8 Å². The number of allylic oxidation sites excluding steroid dienone is 2. The highest BCUT2D eigenvalue weighted by Crippen LogP contribution is 2.45. The highest BCUT2D eigenvalue weighted by atomic mass is 32.1. The van der Waals surface area contributed by atoms with Crippen molar-refractivity contribution >= 4 is 35.1 Å². The van der Waals surface area contributed by atoms with Gasteiger partial charge in [-0.3, -0.25) is 0 Å². The van der Waals surface area contributed by atoms with Crippen LogP contribution in [0.3, 0.4) is 0 Å². The molecule has 0 saturated heterocycles. The molecule has 1 aromatic rings. The van der Waals surface area contributed by atoms with Gasteiger partial charge in [0, 0.05) is 9.75 Å². The second kappa shape index (κ2) is 7.97. The van der Waals surface area contributed by atoms with E-state index in [0.29, 0.717) is 11.8 Å². The monoisotopic (exact) mass is 328 g/mol. The highest BCUT2D eigenvalue weighted by Gasteiger charge is 2.30. The topological polar surface area (TPSA) is 0 Å². The van der Waals surface area contributed by atoms with E-state index in [2.05, 4.69) is 66.5 Å². The highest BCUT2D eigenvalue weighted by molar-refractivity contribution is 7.14. The summed E-state index contributed by atoms with van der Waals surface area (Å²) in [5, 5.41) is 0. The van der Waals surface area contributed by atoms with Crippen LogP contribution in [-0.2, 0) is 0 Å². The first-order valence-corrected chi connectivity index (χ1v) is 9.22. The third-order valence-corrected chi connectivity index (χ3v) is 5.49. The largest absolute Gasteiger partial charge is 0.135 e. The van der Waals surface area contributed by atoms with Crippen LogP contribution in [0.5, 0.6) is 0 Å². The Morgan fingerprint density at radius 2 is 1.74 bits per heavy atom. The van der Waals surface area contributed by atoms with Crippen LogP contribution in [0.1, 0.15) is 68.8 Å². The van der Waals surface area contributed by atoms with Crippen molar-refractivity contribution in [1.29, 1.82) is 0 Å². The first kappa shape index (κ1) is 19.7. The number of thiophene rings is 1. The van der Waals surface area contributed by atoms with Crippen molar-refractivity contribution in [1.82, 2.24) is 0 Å². The summed E-state index contributed by atoms with van der Waals surface area (Å²) in [6, 6.07) is 0. The predicted octanol–water partition coefficient (Wildman–Crippen LogP) is 7.79. The van der Waals surface area contributed by atoms with Crippen LogP contribution >= 0.6 is 11.3 Å². The second-order valence-electron chi connectivity index (χ2n) is 7.60. The fourth-order valence-electron chi connectivity index (χ4n) is 3.05.